The van der Waals surface area contributed by atoms with Crippen LogP contribution < -0.4 is 5.32 Å². The maximum atomic E-state index is 15.3. The summed E-state index contributed by atoms with van der Waals surface area (Å²) < 4.78 is 29.2. The summed E-state index contributed by atoms with van der Waals surface area (Å²) in [5.41, 5.74) is 5.44. The monoisotopic (exact) mass is 557 g/mol. The van der Waals surface area contributed by atoms with Crippen LogP contribution in [0.3, 0.4) is 0 Å². The Morgan fingerprint density at radius 2 is 1.74 bits per heavy atom. The van der Waals surface area contributed by atoms with Crippen molar-refractivity contribution >= 4 is 33.5 Å². The molecule has 0 aliphatic heterocycles. The minimum absolute atomic E-state index is 0.204. The number of halogens is 2. The number of amides is 1. The van der Waals surface area contributed by atoms with Gasteiger partial charge in [-0.3, -0.25) is 19.9 Å². The fraction of sp³-hybridized carbons (Fsp3) is 0.0312. The number of carbonyl (C=O) groups is 1. The van der Waals surface area contributed by atoms with E-state index in [0.29, 0.717) is 56.0 Å². The van der Waals surface area contributed by atoms with Gasteiger partial charge < -0.3 is 10.3 Å². The molecule has 8 nitrogen and oxygen atoms in total. The fourth-order valence-corrected chi connectivity index (χ4v) is 4.98. The van der Waals surface area contributed by atoms with Gasteiger partial charge in [-0.1, -0.05) is 42.5 Å². The van der Waals surface area contributed by atoms with Gasteiger partial charge in [0, 0.05) is 40.5 Å². The van der Waals surface area contributed by atoms with Crippen LogP contribution in [0.4, 0.5) is 14.5 Å². The molecule has 0 saturated carbocycles. The molecular weight excluding hydrogens is 536 g/mol. The average Bonchev–Trinajstić information content (AvgIpc) is 3.61. The second-order valence-corrected chi connectivity index (χ2v) is 9.77. The summed E-state index contributed by atoms with van der Waals surface area (Å²) in [6, 6.07) is 22.1. The van der Waals surface area contributed by atoms with Crippen molar-refractivity contribution in [1.82, 2.24) is 30.1 Å². The number of H-pyrrole nitrogens is 2. The van der Waals surface area contributed by atoms with E-state index in [9.17, 15) is 9.18 Å². The molecule has 10 heteroatoms. The SMILES string of the molecule is O=C(Cc1ccccc1)Nc1cncc(-c2cc3c(-c4nc5c(-c6cccc(F)c6)nccc5[nH]4)n[nH]c3cc2F)c1. The van der Waals surface area contributed by atoms with Crippen LogP contribution in [0.15, 0.2) is 97.5 Å². The van der Waals surface area contributed by atoms with Gasteiger partial charge in [0.1, 0.15) is 22.8 Å². The number of hydrogen-bond acceptors (Lipinski definition) is 5. The molecule has 0 fully saturated rings. The number of anilines is 1. The van der Waals surface area contributed by atoms with Crippen molar-refractivity contribution in [2.45, 2.75) is 6.42 Å². The Morgan fingerprint density at radius 1 is 0.857 bits per heavy atom. The first-order chi connectivity index (χ1) is 20.5. The number of imidazole rings is 1. The summed E-state index contributed by atoms with van der Waals surface area (Å²) in [5, 5.41) is 10.8. The average molecular weight is 558 g/mol. The molecule has 3 N–H and O–H groups in total. The van der Waals surface area contributed by atoms with Gasteiger partial charge in [-0.15, -0.1) is 0 Å². The predicted molar refractivity (Wildman–Crippen MR) is 156 cm³/mol. The minimum Gasteiger partial charge on any atom is -0.336 e. The van der Waals surface area contributed by atoms with Gasteiger partial charge in [0.2, 0.25) is 5.91 Å². The normalized spacial score (nSPS) is 11.3. The highest BCUT2D eigenvalue weighted by Gasteiger charge is 2.19. The van der Waals surface area contributed by atoms with Crippen molar-refractivity contribution in [2.24, 2.45) is 0 Å². The molecule has 0 bridgehead atoms. The Kier molecular flexibility index (Phi) is 6.20. The lowest BCUT2D eigenvalue weighted by Gasteiger charge is -2.08. The molecule has 0 aliphatic carbocycles. The van der Waals surface area contributed by atoms with E-state index in [4.69, 9.17) is 4.98 Å². The predicted octanol–water partition coefficient (Wildman–Crippen LogP) is 6.69. The molecule has 7 rings (SSSR count). The van der Waals surface area contributed by atoms with Crippen LogP contribution in [0.5, 0.6) is 0 Å². The Bertz CT molecular complexity index is 2100. The molecular formula is C32H21F2N7O. The summed E-state index contributed by atoms with van der Waals surface area (Å²) in [6.07, 6.45) is 4.89. The van der Waals surface area contributed by atoms with Crippen molar-refractivity contribution in [2.75, 3.05) is 5.32 Å². The first kappa shape index (κ1) is 25.2. The van der Waals surface area contributed by atoms with Gasteiger partial charge in [-0.2, -0.15) is 5.10 Å². The molecule has 0 atom stereocenters. The smallest absolute Gasteiger partial charge is 0.228 e. The molecule has 204 valence electrons. The van der Waals surface area contributed by atoms with Crippen LogP contribution in [0.1, 0.15) is 5.56 Å². The molecule has 0 aliphatic rings. The van der Waals surface area contributed by atoms with E-state index in [2.05, 4.69) is 30.5 Å². The highest BCUT2D eigenvalue weighted by atomic mass is 19.1. The lowest BCUT2D eigenvalue weighted by Crippen LogP contribution is -2.14. The summed E-state index contributed by atoms with van der Waals surface area (Å²) >= 11 is 0. The second kappa shape index (κ2) is 10.3. The maximum absolute atomic E-state index is 15.3. The van der Waals surface area contributed by atoms with Crippen molar-refractivity contribution in [3.63, 3.8) is 0 Å². The quantitative estimate of drug-likeness (QED) is 0.211. The number of pyridine rings is 2. The first-order valence-corrected chi connectivity index (χ1v) is 13.1. The number of hydrogen-bond donors (Lipinski definition) is 3. The van der Waals surface area contributed by atoms with Crippen molar-refractivity contribution < 1.29 is 13.6 Å². The summed E-state index contributed by atoms with van der Waals surface area (Å²) in [7, 11) is 0. The molecule has 7 aromatic rings. The fourth-order valence-electron chi connectivity index (χ4n) is 4.98. The molecule has 42 heavy (non-hydrogen) atoms. The third-order valence-electron chi connectivity index (χ3n) is 6.91. The van der Waals surface area contributed by atoms with Gasteiger partial charge in [-0.25, -0.2) is 13.8 Å². The highest BCUT2D eigenvalue weighted by Crippen LogP contribution is 2.34. The van der Waals surface area contributed by atoms with Crippen LogP contribution in [0.2, 0.25) is 0 Å². The molecule has 0 saturated heterocycles. The third kappa shape index (κ3) is 4.75. The van der Waals surface area contributed by atoms with Crippen molar-refractivity contribution in [1.29, 1.82) is 0 Å². The third-order valence-corrected chi connectivity index (χ3v) is 6.91. The summed E-state index contributed by atoms with van der Waals surface area (Å²) in [5.74, 6) is -0.608. The van der Waals surface area contributed by atoms with Crippen molar-refractivity contribution in [3.05, 3.63) is 115 Å². The number of nitrogens with one attached hydrogen (secondary N) is 3. The molecule has 0 radical (unpaired) electrons. The second-order valence-electron chi connectivity index (χ2n) is 9.77. The number of fused-ring (bicyclic) bond motifs is 2. The number of carbonyl (C=O) groups excluding carboxylic acids is 1. The molecule has 3 aromatic carbocycles. The van der Waals surface area contributed by atoms with E-state index in [-0.39, 0.29) is 23.7 Å². The number of nitrogens with zero attached hydrogens (tertiary/aromatic N) is 4. The first-order valence-electron chi connectivity index (χ1n) is 13.1. The molecule has 4 aromatic heterocycles. The molecule has 0 unspecified atom stereocenters. The number of rotatable bonds is 6. The molecule has 4 heterocycles. The van der Waals surface area contributed by atoms with Crippen LogP contribution >= 0.6 is 0 Å². The Labute approximate surface area is 237 Å². The Hall–Kier alpha value is -5.77. The van der Waals surface area contributed by atoms with Gasteiger partial charge in [0.05, 0.1) is 35.0 Å². The number of aromatic nitrogens is 6. The number of benzene rings is 3. The molecule has 1 amide bonds. The largest absolute Gasteiger partial charge is 0.336 e. The topological polar surface area (TPSA) is 112 Å². The van der Waals surface area contributed by atoms with E-state index in [0.717, 1.165) is 5.56 Å². The lowest BCUT2D eigenvalue weighted by molar-refractivity contribution is -0.115. The van der Waals surface area contributed by atoms with Crippen LogP contribution in [0.25, 0.3) is 55.8 Å². The molecule has 0 spiro atoms. The zero-order valence-corrected chi connectivity index (χ0v) is 21.9. The van der Waals surface area contributed by atoms with E-state index in [1.54, 1.807) is 36.5 Å². The zero-order chi connectivity index (χ0) is 28.6. The van der Waals surface area contributed by atoms with Gasteiger partial charge in [0.25, 0.3) is 0 Å². The van der Waals surface area contributed by atoms with Crippen LogP contribution in [0, 0.1) is 11.6 Å². The lowest BCUT2D eigenvalue weighted by atomic mass is 10.0. The maximum Gasteiger partial charge on any atom is 0.228 e. The Morgan fingerprint density at radius 3 is 2.60 bits per heavy atom. The van der Waals surface area contributed by atoms with E-state index in [1.165, 1.54) is 30.6 Å². The van der Waals surface area contributed by atoms with Gasteiger partial charge >= 0.3 is 0 Å². The minimum atomic E-state index is -0.477. The number of aromatic amines is 2. The Balaban J connectivity index is 1.24. The van der Waals surface area contributed by atoms with Gasteiger partial charge in [0.15, 0.2) is 5.82 Å². The van der Waals surface area contributed by atoms with Crippen LogP contribution in [-0.2, 0) is 11.2 Å². The summed E-state index contributed by atoms with van der Waals surface area (Å²) in [4.78, 5) is 29.2. The van der Waals surface area contributed by atoms with Gasteiger partial charge in [-0.05, 0) is 35.9 Å². The van der Waals surface area contributed by atoms with E-state index < -0.39 is 5.82 Å². The van der Waals surface area contributed by atoms with E-state index >= 15 is 4.39 Å². The zero-order valence-electron chi connectivity index (χ0n) is 21.9. The van der Waals surface area contributed by atoms with E-state index in [1.807, 2.05) is 30.3 Å². The highest BCUT2D eigenvalue weighted by molar-refractivity contribution is 5.98. The standard InChI is InChI=1S/C32H21F2N7O/c33-21-8-4-7-19(12-21)29-31-26(9-10-36-29)38-32(39-31)30-24-14-23(25(34)15-27(24)40-41-30)20-13-22(17-35-16-20)37-28(42)11-18-5-2-1-3-6-18/h1-10,12-17H,11H2,(H,37,42)(H,38,39)(H,40,41). The summed E-state index contributed by atoms with van der Waals surface area (Å²) in [6.45, 7) is 0. The van der Waals surface area contributed by atoms with Crippen LogP contribution in [-0.4, -0.2) is 36.0 Å². The van der Waals surface area contributed by atoms with Crippen molar-refractivity contribution in [3.8, 4) is 33.9 Å².